The van der Waals surface area contributed by atoms with E-state index in [4.69, 9.17) is 4.74 Å². The molecule has 1 heterocycles. The molecule has 2 unspecified atom stereocenters. The first kappa shape index (κ1) is 14.0. The van der Waals surface area contributed by atoms with Gasteiger partial charge in [-0.05, 0) is 41.8 Å². The van der Waals surface area contributed by atoms with Crippen molar-refractivity contribution in [3.05, 3.63) is 65.2 Å². The second-order valence-electron chi connectivity index (χ2n) is 5.39. The van der Waals surface area contributed by atoms with E-state index in [1.54, 1.807) is 0 Å². The topological polar surface area (TPSA) is 29.5 Å². The summed E-state index contributed by atoms with van der Waals surface area (Å²) in [6.45, 7) is 0.384. The van der Waals surface area contributed by atoms with Crippen LogP contribution < -0.4 is 4.74 Å². The van der Waals surface area contributed by atoms with Gasteiger partial charge in [-0.2, -0.15) is 0 Å². The van der Waals surface area contributed by atoms with Crippen LogP contribution in [0.25, 0.3) is 0 Å². The number of halogens is 2. The first-order chi connectivity index (χ1) is 10.1. The van der Waals surface area contributed by atoms with E-state index >= 15 is 0 Å². The van der Waals surface area contributed by atoms with E-state index in [1.165, 1.54) is 0 Å². The predicted molar refractivity (Wildman–Crippen MR) is 75.2 cm³/mol. The molecule has 0 amide bonds. The van der Waals surface area contributed by atoms with Crippen molar-refractivity contribution in [3.63, 3.8) is 0 Å². The zero-order valence-corrected chi connectivity index (χ0v) is 11.4. The van der Waals surface area contributed by atoms with E-state index in [9.17, 15) is 13.9 Å². The minimum atomic E-state index is -0.769. The van der Waals surface area contributed by atoms with Crippen LogP contribution in [-0.2, 0) is 12.8 Å². The number of aliphatic hydroxyl groups is 1. The van der Waals surface area contributed by atoms with E-state index in [2.05, 4.69) is 0 Å². The summed E-state index contributed by atoms with van der Waals surface area (Å²) in [5.74, 6) is -0.281. The standard InChI is InChI=1S/C17H16F2O2/c18-14-5-6-15(19)12(8-14)9-16(20)13-7-11-3-1-2-4-17(11)21-10-13/h1-6,8,13,16,20H,7,9-10H2. The number of fused-ring (bicyclic) bond motifs is 1. The van der Waals surface area contributed by atoms with E-state index in [-0.39, 0.29) is 17.9 Å². The molecule has 1 aliphatic rings. The van der Waals surface area contributed by atoms with Crippen LogP contribution in [0, 0.1) is 17.6 Å². The molecule has 21 heavy (non-hydrogen) atoms. The third kappa shape index (κ3) is 3.05. The van der Waals surface area contributed by atoms with Gasteiger partial charge in [-0.25, -0.2) is 8.78 Å². The predicted octanol–water partition coefficient (Wildman–Crippen LogP) is 3.12. The Hall–Kier alpha value is -1.94. The third-order valence-corrected chi connectivity index (χ3v) is 3.89. The highest BCUT2D eigenvalue weighted by Gasteiger charge is 2.26. The summed E-state index contributed by atoms with van der Waals surface area (Å²) in [5.41, 5.74) is 1.23. The molecule has 0 spiro atoms. The number of aliphatic hydroxyl groups excluding tert-OH is 1. The molecule has 0 radical (unpaired) electrons. The number of hydrogen-bond acceptors (Lipinski definition) is 2. The highest BCUT2D eigenvalue weighted by atomic mass is 19.1. The quantitative estimate of drug-likeness (QED) is 0.941. The van der Waals surface area contributed by atoms with Gasteiger partial charge in [0.2, 0.25) is 0 Å². The van der Waals surface area contributed by atoms with Crippen LogP contribution in [0.1, 0.15) is 11.1 Å². The van der Waals surface area contributed by atoms with Crippen LogP contribution in [0.4, 0.5) is 8.78 Å². The monoisotopic (exact) mass is 290 g/mol. The van der Waals surface area contributed by atoms with Crippen LogP contribution >= 0.6 is 0 Å². The van der Waals surface area contributed by atoms with Gasteiger partial charge >= 0.3 is 0 Å². The van der Waals surface area contributed by atoms with Gasteiger partial charge in [0.1, 0.15) is 17.4 Å². The molecule has 3 rings (SSSR count). The Morgan fingerprint density at radius 2 is 2.00 bits per heavy atom. The largest absolute Gasteiger partial charge is 0.493 e. The van der Waals surface area contributed by atoms with Crippen molar-refractivity contribution < 1.29 is 18.6 Å². The molecule has 0 aliphatic carbocycles. The van der Waals surface area contributed by atoms with Gasteiger partial charge in [0.15, 0.2) is 0 Å². The average molecular weight is 290 g/mol. The van der Waals surface area contributed by atoms with Crippen molar-refractivity contribution in [1.29, 1.82) is 0 Å². The SMILES string of the molecule is OC(Cc1cc(F)ccc1F)C1COc2ccccc2C1. The van der Waals surface area contributed by atoms with Crippen LogP contribution in [0.3, 0.4) is 0 Å². The van der Waals surface area contributed by atoms with Crippen LogP contribution in [0.15, 0.2) is 42.5 Å². The molecule has 2 nitrogen and oxygen atoms in total. The Morgan fingerprint density at radius 3 is 2.86 bits per heavy atom. The summed E-state index contributed by atoms with van der Waals surface area (Å²) in [7, 11) is 0. The highest BCUT2D eigenvalue weighted by Crippen LogP contribution is 2.29. The van der Waals surface area contributed by atoms with Crippen LogP contribution in [0.2, 0.25) is 0 Å². The Labute approximate surface area is 122 Å². The number of para-hydroxylation sites is 1. The lowest BCUT2D eigenvalue weighted by molar-refractivity contribution is 0.0646. The lowest BCUT2D eigenvalue weighted by Gasteiger charge is -2.29. The van der Waals surface area contributed by atoms with Gasteiger partial charge in [0, 0.05) is 12.3 Å². The minimum Gasteiger partial charge on any atom is -0.493 e. The number of benzene rings is 2. The fourth-order valence-corrected chi connectivity index (χ4v) is 2.69. The summed E-state index contributed by atoms with van der Waals surface area (Å²) in [6.07, 6.45) is -0.0108. The summed E-state index contributed by atoms with van der Waals surface area (Å²) in [4.78, 5) is 0. The number of ether oxygens (including phenoxy) is 1. The van der Waals surface area contributed by atoms with Gasteiger partial charge < -0.3 is 9.84 Å². The van der Waals surface area contributed by atoms with Crippen molar-refractivity contribution in [2.75, 3.05) is 6.61 Å². The normalized spacial score (nSPS) is 18.7. The molecule has 2 aromatic rings. The molecule has 0 saturated carbocycles. The molecule has 0 fully saturated rings. The maximum Gasteiger partial charge on any atom is 0.126 e. The summed E-state index contributed by atoms with van der Waals surface area (Å²) < 4.78 is 32.4. The molecule has 0 bridgehead atoms. The van der Waals surface area contributed by atoms with Gasteiger partial charge in [-0.3, -0.25) is 0 Å². The second-order valence-corrected chi connectivity index (χ2v) is 5.39. The number of rotatable bonds is 3. The first-order valence-electron chi connectivity index (χ1n) is 6.96. The lowest BCUT2D eigenvalue weighted by Crippen LogP contribution is -2.33. The molecule has 1 N–H and O–H groups in total. The van der Waals surface area contributed by atoms with E-state index in [0.29, 0.717) is 13.0 Å². The van der Waals surface area contributed by atoms with E-state index < -0.39 is 17.7 Å². The second kappa shape index (κ2) is 5.82. The molecule has 1 aliphatic heterocycles. The molecule has 4 heteroatoms. The van der Waals surface area contributed by atoms with Gasteiger partial charge in [-0.1, -0.05) is 18.2 Å². The number of hydrogen-bond donors (Lipinski definition) is 1. The van der Waals surface area contributed by atoms with E-state index in [0.717, 1.165) is 29.5 Å². The highest BCUT2D eigenvalue weighted by molar-refractivity contribution is 5.35. The summed E-state index contributed by atoms with van der Waals surface area (Å²) in [6, 6.07) is 11.0. The molecule has 2 atom stereocenters. The zero-order chi connectivity index (χ0) is 14.8. The van der Waals surface area contributed by atoms with Crippen molar-refractivity contribution >= 4 is 0 Å². The smallest absolute Gasteiger partial charge is 0.126 e. The molecular formula is C17H16F2O2. The summed E-state index contributed by atoms with van der Waals surface area (Å²) in [5, 5.41) is 10.3. The Balaban J connectivity index is 1.72. The van der Waals surface area contributed by atoms with Crippen molar-refractivity contribution in [2.45, 2.75) is 18.9 Å². The fraction of sp³-hybridized carbons (Fsp3) is 0.294. The average Bonchev–Trinajstić information content (AvgIpc) is 2.50. The maximum absolute atomic E-state index is 13.6. The Bertz CT molecular complexity index is 642. The van der Waals surface area contributed by atoms with Crippen molar-refractivity contribution in [1.82, 2.24) is 0 Å². The maximum atomic E-state index is 13.6. The van der Waals surface area contributed by atoms with Crippen molar-refractivity contribution in [2.24, 2.45) is 5.92 Å². The minimum absolute atomic E-state index is 0.0831. The summed E-state index contributed by atoms with van der Waals surface area (Å²) >= 11 is 0. The van der Waals surface area contributed by atoms with E-state index in [1.807, 2.05) is 24.3 Å². The van der Waals surface area contributed by atoms with Crippen LogP contribution in [0.5, 0.6) is 5.75 Å². The Kier molecular flexibility index (Phi) is 3.88. The fourth-order valence-electron chi connectivity index (χ4n) is 2.69. The van der Waals surface area contributed by atoms with Gasteiger partial charge in [-0.15, -0.1) is 0 Å². The molecule has 110 valence electrons. The Morgan fingerprint density at radius 1 is 1.19 bits per heavy atom. The zero-order valence-electron chi connectivity index (χ0n) is 11.4. The molecule has 0 saturated heterocycles. The molecular weight excluding hydrogens is 274 g/mol. The van der Waals surface area contributed by atoms with Crippen LogP contribution in [-0.4, -0.2) is 17.8 Å². The molecule has 2 aromatic carbocycles. The lowest BCUT2D eigenvalue weighted by atomic mass is 9.89. The third-order valence-electron chi connectivity index (χ3n) is 3.89. The van der Waals surface area contributed by atoms with Crippen molar-refractivity contribution in [3.8, 4) is 5.75 Å². The van der Waals surface area contributed by atoms with Gasteiger partial charge in [0.25, 0.3) is 0 Å². The van der Waals surface area contributed by atoms with Gasteiger partial charge in [0.05, 0.1) is 12.7 Å². The first-order valence-corrected chi connectivity index (χ1v) is 6.96. The molecule has 0 aromatic heterocycles.